The Morgan fingerprint density at radius 1 is 0.778 bits per heavy atom. The smallest absolute Gasteiger partial charge is 0.394 e. The largest absolute Gasteiger partial charge is 0.452 e. The summed E-state index contributed by atoms with van der Waals surface area (Å²) >= 11 is 0. The molecular weight excluding hydrogens is 594 g/mol. The fraction of sp³-hybridized carbons (Fsp3) is 0.147. The van der Waals surface area contributed by atoms with Crippen molar-refractivity contribution in [1.29, 1.82) is 0 Å². The fourth-order valence-corrected chi connectivity index (χ4v) is 4.71. The quantitative estimate of drug-likeness (QED) is 0.122. The minimum Gasteiger partial charge on any atom is -0.452 e. The summed E-state index contributed by atoms with van der Waals surface area (Å²) in [7, 11) is -4.67. The van der Waals surface area contributed by atoms with Gasteiger partial charge in [0.2, 0.25) is 0 Å². The van der Waals surface area contributed by atoms with Crippen molar-refractivity contribution >= 4 is 44.6 Å². The van der Waals surface area contributed by atoms with E-state index in [1.165, 1.54) is 0 Å². The number of hydrogen-bond donors (Lipinski definition) is 3. The Kier molecular flexibility index (Phi) is 11.0. The predicted molar refractivity (Wildman–Crippen MR) is 176 cm³/mol. The number of nitrogens with one attached hydrogen (secondary N) is 1. The van der Waals surface area contributed by atoms with Gasteiger partial charge < -0.3 is 15.0 Å². The molecule has 0 saturated carbocycles. The molecule has 3 N–H and O–H groups in total. The molecule has 5 aromatic rings. The van der Waals surface area contributed by atoms with Crippen LogP contribution in [0.15, 0.2) is 109 Å². The summed E-state index contributed by atoms with van der Waals surface area (Å²) < 4.78 is 37.0. The number of fused-ring (bicyclic) bond motifs is 1. The molecule has 1 amide bonds. The number of nitrogens with zero attached hydrogens (tertiary/aromatic N) is 2. The lowest BCUT2D eigenvalue weighted by Crippen LogP contribution is -2.22. The lowest BCUT2D eigenvalue weighted by molar-refractivity contribution is -0.119. The van der Waals surface area contributed by atoms with E-state index in [1.807, 2.05) is 91.0 Å². The summed E-state index contributed by atoms with van der Waals surface area (Å²) in [6, 6.07) is 35.0. The second kappa shape index (κ2) is 15.1. The predicted octanol–water partition coefficient (Wildman–Crippen LogP) is 6.56. The summed E-state index contributed by atoms with van der Waals surface area (Å²) in [4.78, 5) is 32.8. The van der Waals surface area contributed by atoms with Crippen LogP contribution < -0.4 is 10.2 Å². The third-order valence-corrected chi connectivity index (χ3v) is 6.84. The van der Waals surface area contributed by atoms with Gasteiger partial charge in [0.15, 0.2) is 6.61 Å². The molecule has 0 aliphatic rings. The minimum absolute atomic E-state index is 0.365. The molecule has 0 atom stereocenters. The molecule has 0 aliphatic heterocycles. The van der Waals surface area contributed by atoms with Crippen molar-refractivity contribution in [3.8, 4) is 22.4 Å². The van der Waals surface area contributed by atoms with Crippen molar-refractivity contribution in [3.63, 3.8) is 0 Å². The summed E-state index contributed by atoms with van der Waals surface area (Å²) in [5, 5.41) is 3.47. The Morgan fingerprint density at radius 3 is 1.96 bits per heavy atom. The van der Waals surface area contributed by atoms with E-state index in [0.29, 0.717) is 27.8 Å². The molecule has 1 aromatic heterocycles. The van der Waals surface area contributed by atoms with Gasteiger partial charge in [-0.25, -0.2) is 9.78 Å². The van der Waals surface area contributed by atoms with E-state index in [-0.39, 0.29) is 0 Å². The first-order valence-corrected chi connectivity index (χ1v) is 15.5. The summed E-state index contributed by atoms with van der Waals surface area (Å²) in [5.74, 6) is -0.980. The molecule has 11 heteroatoms. The van der Waals surface area contributed by atoms with Gasteiger partial charge in [-0.05, 0) is 61.4 Å². The zero-order chi connectivity index (χ0) is 32.4. The van der Waals surface area contributed by atoms with Gasteiger partial charge in [-0.15, -0.1) is 0 Å². The minimum atomic E-state index is -4.67. The highest BCUT2D eigenvalue weighted by atomic mass is 32.3. The molecule has 5 rings (SSSR count). The second-order valence-electron chi connectivity index (χ2n) is 9.81. The number of rotatable bonds is 9. The van der Waals surface area contributed by atoms with Crippen LogP contribution in [0, 0.1) is 0 Å². The highest BCUT2D eigenvalue weighted by Crippen LogP contribution is 2.28. The van der Waals surface area contributed by atoms with E-state index in [9.17, 15) is 9.59 Å². The van der Waals surface area contributed by atoms with Crippen molar-refractivity contribution in [2.24, 2.45) is 0 Å². The standard InChI is InChI=1S/C34H31N3O3.H2O4S/c1-3-37(4-2)28-20-18-27(19-21-28)35-33(38)23-40-34(39)30-22-32(36-31-13-9-8-12-29(30)31)26-16-14-25(15-17-26)24-10-6-5-7-11-24;1-5(2,3)4/h5-22H,3-4,23H2,1-2H3,(H,35,38);(H2,1,2,3,4). The molecule has 0 bridgehead atoms. The molecule has 45 heavy (non-hydrogen) atoms. The number of para-hydroxylation sites is 1. The van der Waals surface area contributed by atoms with Crippen LogP contribution in [0.5, 0.6) is 0 Å². The zero-order valence-electron chi connectivity index (χ0n) is 24.8. The van der Waals surface area contributed by atoms with Crippen molar-refractivity contribution in [3.05, 3.63) is 115 Å². The summed E-state index contributed by atoms with van der Waals surface area (Å²) in [6.07, 6.45) is 0. The normalized spacial score (nSPS) is 10.8. The highest BCUT2D eigenvalue weighted by Gasteiger charge is 2.17. The maximum Gasteiger partial charge on any atom is 0.394 e. The summed E-state index contributed by atoms with van der Waals surface area (Å²) in [5.41, 5.74) is 6.53. The number of benzene rings is 4. The van der Waals surface area contributed by atoms with E-state index in [4.69, 9.17) is 27.2 Å². The van der Waals surface area contributed by atoms with Gasteiger partial charge in [0.05, 0.1) is 16.8 Å². The Morgan fingerprint density at radius 2 is 1.33 bits per heavy atom. The molecule has 0 saturated heterocycles. The number of hydrogen-bond acceptors (Lipinski definition) is 7. The molecule has 0 fully saturated rings. The van der Waals surface area contributed by atoms with Crippen molar-refractivity contribution < 1.29 is 31.8 Å². The van der Waals surface area contributed by atoms with E-state index in [2.05, 4.69) is 36.2 Å². The first-order chi connectivity index (χ1) is 21.6. The number of anilines is 2. The lowest BCUT2D eigenvalue weighted by atomic mass is 10.0. The van der Waals surface area contributed by atoms with Crippen LogP contribution in [-0.4, -0.2) is 54.1 Å². The molecule has 0 aliphatic carbocycles. The monoisotopic (exact) mass is 627 g/mol. The topological polar surface area (TPSA) is 146 Å². The molecule has 232 valence electrons. The second-order valence-corrected chi connectivity index (χ2v) is 10.7. The van der Waals surface area contributed by atoms with Crippen LogP contribution in [-0.2, 0) is 19.9 Å². The van der Waals surface area contributed by atoms with Gasteiger partial charge in [-0.3, -0.25) is 13.9 Å². The van der Waals surface area contributed by atoms with E-state index in [1.54, 1.807) is 6.07 Å². The van der Waals surface area contributed by atoms with Gasteiger partial charge >= 0.3 is 16.4 Å². The molecule has 10 nitrogen and oxygen atoms in total. The highest BCUT2D eigenvalue weighted by molar-refractivity contribution is 7.79. The molecule has 0 radical (unpaired) electrons. The van der Waals surface area contributed by atoms with Gasteiger partial charge in [0.1, 0.15) is 0 Å². The van der Waals surface area contributed by atoms with Crippen molar-refractivity contribution in [2.45, 2.75) is 13.8 Å². The Balaban J connectivity index is 0.000000854. The maximum atomic E-state index is 13.2. The van der Waals surface area contributed by atoms with Crippen LogP contribution in [0.4, 0.5) is 11.4 Å². The summed E-state index contributed by atoms with van der Waals surface area (Å²) in [6.45, 7) is 5.62. The van der Waals surface area contributed by atoms with Crippen LogP contribution in [0.1, 0.15) is 24.2 Å². The van der Waals surface area contributed by atoms with E-state index >= 15 is 0 Å². The van der Waals surface area contributed by atoms with Crippen LogP contribution in [0.25, 0.3) is 33.3 Å². The number of ether oxygens (including phenoxy) is 1. The van der Waals surface area contributed by atoms with Gasteiger partial charge in [0, 0.05) is 35.4 Å². The van der Waals surface area contributed by atoms with Crippen LogP contribution in [0.3, 0.4) is 0 Å². The maximum absolute atomic E-state index is 13.2. The number of amides is 1. The third-order valence-electron chi connectivity index (χ3n) is 6.84. The van der Waals surface area contributed by atoms with Gasteiger partial charge in [0.25, 0.3) is 5.91 Å². The first-order valence-electron chi connectivity index (χ1n) is 14.1. The first kappa shape index (κ1) is 32.8. The molecule has 0 spiro atoms. The van der Waals surface area contributed by atoms with E-state index in [0.717, 1.165) is 35.5 Å². The average Bonchev–Trinajstić information content (AvgIpc) is 3.04. The molecule has 4 aromatic carbocycles. The average molecular weight is 628 g/mol. The Bertz CT molecular complexity index is 1850. The third kappa shape index (κ3) is 9.44. The van der Waals surface area contributed by atoms with Crippen LogP contribution >= 0.6 is 0 Å². The zero-order valence-corrected chi connectivity index (χ0v) is 25.6. The van der Waals surface area contributed by atoms with Gasteiger partial charge in [-0.1, -0.05) is 72.8 Å². The van der Waals surface area contributed by atoms with Crippen molar-refractivity contribution in [1.82, 2.24) is 4.98 Å². The lowest BCUT2D eigenvalue weighted by Gasteiger charge is -2.21. The fourth-order valence-electron chi connectivity index (χ4n) is 4.71. The number of aromatic nitrogens is 1. The van der Waals surface area contributed by atoms with E-state index < -0.39 is 28.9 Å². The van der Waals surface area contributed by atoms with Gasteiger partial charge in [-0.2, -0.15) is 8.42 Å². The SMILES string of the molecule is CCN(CC)c1ccc(NC(=O)COC(=O)c2cc(-c3ccc(-c4ccccc4)cc3)nc3ccccc23)cc1.O=S(=O)(O)O. The number of carbonyl (C=O) groups is 2. The number of pyridine rings is 1. The number of carbonyl (C=O) groups excluding carboxylic acids is 2. The molecular formula is C34H33N3O7S. The van der Waals surface area contributed by atoms with Crippen molar-refractivity contribution in [2.75, 3.05) is 29.9 Å². The number of esters is 1. The molecule has 1 heterocycles. The van der Waals surface area contributed by atoms with Crippen LogP contribution in [0.2, 0.25) is 0 Å². The Hall–Kier alpha value is -5.10. The molecule has 0 unspecified atom stereocenters. The Labute approximate surface area is 261 Å².